The Labute approximate surface area is 267 Å². The molecular weight excluding hydrogens is 613 g/mol. The highest BCUT2D eigenvalue weighted by molar-refractivity contribution is 6.30. The molecule has 5 aromatic rings. The third kappa shape index (κ3) is 5.00. The van der Waals surface area contributed by atoms with Crippen LogP contribution < -0.4 is 15.2 Å². The van der Waals surface area contributed by atoms with Gasteiger partial charge in [-0.1, -0.05) is 28.9 Å². The second kappa shape index (κ2) is 10.7. The number of ether oxygens (including phenoxy) is 2. The van der Waals surface area contributed by atoms with E-state index in [4.69, 9.17) is 26.1 Å². The average molecular weight is 642 g/mol. The van der Waals surface area contributed by atoms with Crippen LogP contribution in [-0.2, 0) is 18.9 Å². The molecule has 0 spiro atoms. The summed E-state index contributed by atoms with van der Waals surface area (Å²) in [6, 6.07) is 14.7. The molecular formula is C33H29ClFN7O4. The molecule has 3 aliphatic rings. The van der Waals surface area contributed by atoms with Crippen molar-refractivity contribution in [2.45, 2.75) is 57.4 Å². The predicted octanol–water partition coefficient (Wildman–Crippen LogP) is 5.89. The zero-order valence-corrected chi connectivity index (χ0v) is 25.7. The van der Waals surface area contributed by atoms with Crippen molar-refractivity contribution in [2.24, 2.45) is 5.41 Å². The fraction of sp³-hybridized carbons (Fsp3) is 0.364. The molecule has 0 radical (unpaired) electrons. The molecule has 46 heavy (non-hydrogen) atoms. The number of benzene rings is 2. The van der Waals surface area contributed by atoms with E-state index in [-0.39, 0.29) is 17.3 Å². The van der Waals surface area contributed by atoms with Gasteiger partial charge < -0.3 is 14.0 Å². The Kier molecular flexibility index (Phi) is 6.67. The van der Waals surface area contributed by atoms with Crippen LogP contribution in [0.4, 0.5) is 4.39 Å². The van der Waals surface area contributed by atoms with E-state index in [1.54, 1.807) is 25.3 Å². The number of aromatic nitrogens is 5. The molecule has 0 amide bonds. The van der Waals surface area contributed by atoms with E-state index in [1.165, 1.54) is 6.07 Å². The van der Waals surface area contributed by atoms with Gasteiger partial charge in [-0.15, -0.1) is 0 Å². The first-order chi connectivity index (χ1) is 22.2. The van der Waals surface area contributed by atoms with Gasteiger partial charge in [0.25, 0.3) is 5.79 Å². The number of likely N-dealkylation sites (tertiary alicyclic amines) is 1. The topological polar surface area (TPSA) is 135 Å². The van der Waals surface area contributed by atoms with Crippen LogP contribution in [0.3, 0.4) is 0 Å². The minimum atomic E-state index is -1.30. The zero-order valence-electron chi connectivity index (χ0n) is 24.9. The first kappa shape index (κ1) is 28.7. The average Bonchev–Trinajstić information content (AvgIpc) is 3.34. The quantitative estimate of drug-likeness (QED) is 0.231. The standard InChI is InChI=1S/C33H29ClFN7O4/c1-32(23-6-5-21(34)14-24(23)35)44-26-4-2-3-22(28(26)45-32)19-7-11-41(12-8-19)16-27-38-25-13-20(29-39-31(43)46-40-29)15-37-30(25)42(27)18-33(17-36)9-10-33/h2-6,13-15,19H,7-12,16,18H2,1H3,(H,39,40,43). The number of halogens is 2. The smallest absolute Gasteiger partial charge is 0.439 e. The number of pyridine rings is 1. The van der Waals surface area contributed by atoms with Crippen molar-refractivity contribution in [3.63, 3.8) is 0 Å². The normalized spacial score (nSPS) is 20.7. The van der Waals surface area contributed by atoms with E-state index in [0.717, 1.165) is 50.2 Å². The van der Waals surface area contributed by atoms with Crippen LogP contribution in [0, 0.1) is 22.6 Å². The van der Waals surface area contributed by atoms with Gasteiger partial charge in [-0.3, -0.25) is 14.4 Å². The summed E-state index contributed by atoms with van der Waals surface area (Å²) in [4.78, 5) is 26.0. The van der Waals surface area contributed by atoms with Crippen molar-refractivity contribution in [3.05, 3.63) is 87.0 Å². The molecule has 234 valence electrons. The Balaban J connectivity index is 1.02. The Bertz CT molecular complexity index is 2090. The molecule has 5 heterocycles. The number of hydrogen-bond donors (Lipinski definition) is 1. The summed E-state index contributed by atoms with van der Waals surface area (Å²) in [6.07, 6.45) is 5.10. The summed E-state index contributed by atoms with van der Waals surface area (Å²) < 4.78 is 34.1. The Morgan fingerprint density at radius 1 is 1.17 bits per heavy atom. The molecule has 2 aliphatic heterocycles. The van der Waals surface area contributed by atoms with Crippen LogP contribution in [0.15, 0.2) is 58.0 Å². The van der Waals surface area contributed by atoms with Crippen molar-refractivity contribution >= 4 is 22.8 Å². The highest BCUT2D eigenvalue weighted by atomic mass is 35.5. The van der Waals surface area contributed by atoms with E-state index in [1.807, 2.05) is 18.2 Å². The van der Waals surface area contributed by atoms with Gasteiger partial charge in [-0.25, -0.2) is 19.2 Å². The zero-order chi connectivity index (χ0) is 31.6. The number of nitrogens with one attached hydrogen (secondary N) is 1. The van der Waals surface area contributed by atoms with Gasteiger partial charge in [0.15, 0.2) is 23.0 Å². The molecule has 2 fully saturated rings. The summed E-state index contributed by atoms with van der Waals surface area (Å²) >= 11 is 5.98. The maximum Gasteiger partial charge on any atom is 0.439 e. The Hall–Kier alpha value is -4.73. The van der Waals surface area contributed by atoms with Crippen molar-refractivity contribution in [3.8, 4) is 29.0 Å². The van der Waals surface area contributed by atoms with Crippen molar-refractivity contribution in [1.82, 2.24) is 29.6 Å². The lowest BCUT2D eigenvalue weighted by molar-refractivity contribution is -0.0712. The first-order valence-electron chi connectivity index (χ1n) is 15.2. The number of fused-ring (bicyclic) bond motifs is 2. The maximum absolute atomic E-state index is 14.9. The van der Waals surface area contributed by atoms with E-state index in [2.05, 4.69) is 41.3 Å². The highest BCUT2D eigenvalue weighted by Gasteiger charge is 2.45. The molecule has 1 saturated heterocycles. The van der Waals surface area contributed by atoms with Crippen LogP contribution >= 0.6 is 11.6 Å². The third-order valence-corrected chi connectivity index (χ3v) is 9.59. The summed E-state index contributed by atoms with van der Waals surface area (Å²) in [7, 11) is 0. The van der Waals surface area contributed by atoms with Crippen molar-refractivity contribution in [2.75, 3.05) is 13.1 Å². The largest absolute Gasteiger partial charge is 0.444 e. The number of aromatic amines is 1. The van der Waals surface area contributed by atoms with Crippen LogP contribution in [0.1, 0.15) is 55.5 Å². The molecule has 2 aromatic carbocycles. The fourth-order valence-electron chi connectivity index (χ4n) is 6.63. The van der Waals surface area contributed by atoms with E-state index in [0.29, 0.717) is 46.3 Å². The number of nitrogens with zero attached hydrogens (tertiary/aromatic N) is 6. The molecule has 11 nitrogen and oxygen atoms in total. The molecule has 1 N–H and O–H groups in total. The molecule has 1 atom stereocenters. The van der Waals surface area contributed by atoms with Crippen LogP contribution in [-0.4, -0.2) is 42.7 Å². The van der Waals surface area contributed by atoms with Gasteiger partial charge in [0, 0.05) is 35.8 Å². The summed E-state index contributed by atoms with van der Waals surface area (Å²) in [5.41, 5.74) is 2.89. The number of para-hydroxylation sites is 1. The number of rotatable bonds is 7. The van der Waals surface area contributed by atoms with Crippen LogP contribution in [0.2, 0.25) is 5.02 Å². The molecule has 1 unspecified atom stereocenters. The lowest BCUT2D eigenvalue weighted by atomic mass is 9.88. The number of imidazole rings is 1. The molecule has 13 heteroatoms. The number of H-pyrrole nitrogens is 1. The van der Waals surface area contributed by atoms with Crippen molar-refractivity contribution < 1.29 is 18.4 Å². The molecule has 8 rings (SSSR count). The number of hydrogen-bond acceptors (Lipinski definition) is 9. The molecule has 0 bridgehead atoms. The second-order valence-corrected chi connectivity index (χ2v) is 13.0. The number of nitriles is 1. The van der Waals surface area contributed by atoms with Gasteiger partial charge in [-0.05, 0) is 75.0 Å². The van der Waals surface area contributed by atoms with E-state index < -0.39 is 22.8 Å². The number of piperidine rings is 1. The Morgan fingerprint density at radius 2 is 2.00 bits per heavy atom. The molecule has 3 aromatic heterocycles. The van der Waals surface area contributed by atoms with Gasteiger partial charge in [0.05, 0.1) is 23.6 Å². The predicted molar refractivity (Wildman–Crippen MR) is 165 cm³/mol. The van der Waals surface area contributed by atoms with Crippen molar-refractivity contribution in [1.29, 1.82) is 5.26 Å². The third-order valence-electron chi connectivity index (χ3n) is 9.35. The fourth-order valence-corrected chi connectivity index (χ4v) is 6.79. The van der Waals surface area contributed by atoms with E-state index >= 15 is 0 Å². The second-order valence-electron chi connectivity index (χ2n) is 12.5. The molecule has 1 saturated carbocycles. The lowest BCUT2D eigenvalue weighted by Gasteiger charge is -2.32. The van der Waals surface area contributed by atoms with E-state index in [9.17, 15) is 14.4 Å². The van der Waals surface area contributed by atoms with Gasteiger partial charge in [0.1, 0.15) is 17.2 Å². The molecule has 1 aliphatic carbocycles. The summed E-state index contributed by atoms with van der Waals surface area (Å²) in [5.74, 6) is 0.184. The van der Waals surface area contributed by atoms with Gasteiger partial charge >= 0.3 is 5.76 Å². The van der Waals surface area contributed by atoms with Crippen LogP contribution in [0.25, 0.3) is 22.6 Å². The summed E-state index contributed by atoms with van der Waals surface area (Å²) in [5, 5.41) is 13.9. The minimum absolute atomic E-state index is 0.230. The maximum atomic E-state index is 14.9. The monoisotopic (exact) mass is 641 g/mol. The Morgan fingerprint density at radius 3 is 2.72 bits per heavy atom. The van der Waals surface area contributed by atoms with Gasteiger partial charge in [-0.2, -0.15) is 5.26 Å². The SMILES string of the molecule is CC1(c2ccc(Cl)cc2F)Oc2cccc(C3CCN(Cc4nc5cc(-c6noc(=O)[nH]6)cnc5n4CC4(C#N)CC4)CC3)c2O1. The summed E-state index contributed by atoms with van der Waals surface area (Å²) in [6.45, 7) is 4.49. The highest BCUT2D eigenvalue weighted by Crippen LogP contribution is 2.50. The van der Waals surface area contributed by atoms with Gasteiger partial charge in [0.2, 0.25) is 0 Å². The van der Waals surface area contributed by atoms with Crippen LogP contribution in [0.5, 0.6) is 11.5 Å². The first-order valence-corrected chi connectivity index (χ1v) is 15.6. The minimum Gasteiger partial charge on any atom is -0.444 e. The lowest BCUT2D eigenvalue weighted by Crippen LogP contribution is -2.34.